The molecule has 108 valence electrons. The van der Waals surface area contributed by atoms with Crippen LogP contribution in [0.2, 0.25) is 0 Å². The molecule has 0 fully saturated rings. The molecule has 0 aliphatic carbocycles. The van der Waals surface area contributed by atoms with Crippen LogP contribution in [0.1, 0.15) is 19.0 Å². The molecule has 0 amide bonds. The fraction of sp³-hybridized carbons (Fsp3) is 0.333. The van der Waals surface area contributed by atoms with Gasteiger partial charge >= 0.3 is 0 Å². The maximum absolute atomic E-state index is 11.6. The number of rotatable bonds is 3. The highest BCUT2D eigenvalue weighted by Crippen LogP contribution is 2.22. The second-order valence-electron chi connectivity index (χ2n) is 4.48. The number of hydrogen-bond donors (Lipinski definition) is 0. The molecule has 0 radical (unpaired) electrons. The van der Waals surface area contributed by atoms with Crippen LogP contribution in [0.15, 0.2) is 35.3 Å². The molecule has 5 heteroatoms. The van der Waals surface area contributed by atoms with E-state index in [9.17, 15) is 5.11 Å². The Morgan fingerprint density at radius 3 is 2.75 bits per heavy atom. The summed E-state index contributed by atoms with van der Waals surface area (Å²) in [5.41, 5.74) is 2.00. The van der Waals surface area contributed by atoms with Crippen molar-refractivity contribution >= 4 is 41.0 Å². The van der Waals surface area contributed by atoms with E-state index in [1.165, 1.54) is 0 Å². The summed E-state index contributed by atoms with van der Waals surface area (Å²) in [7, 11) is 1.96. The third-order valence-electron chi connectivity index (χ3n) is 3.06. The minimum atomic E-state index is -0.532. The average Bonchev–Trinajstić information content (AvgIpc) is 2.41. The van der Waals surface area contributed by atoms with E-state index in [1.54, 1.807) is 6.07 Å². The molecule has 0 spiro atoms. The third-order valence-corrected chi connectivity index (χ3v) is 3.06. The van der Waals surface area contributed by atoms with E-state index in [0.717, 1.165) is 23.0 Å². The molecule has 2 aromatic rings. The lowest BCUT2D eigenvalue weighted by Gasteiger charge is -2.15. The van der Waals surface area contributed by atoms with Crippen molar-refractivity contribution < 1.29 is 14.4 Å². The SMILES string of the molecule is CCCN=C([O-])Oc1cccc2ccc(C)[n+](C)c12.I. The minimum absolute atomic E-state index is 0. The van der Waals surface area contributed by atoms with Gasteiger partial charge in [-0.1, -0.05) is 13.0 Å². The van der Waals surface area contributed by atoms with E-state index in [4.69, 9.17) is 4.74 Å². The summed E-state index contributed by atoms with van der Waals surface area (Å²) in [6, 6.07) is 9.72. The van der Waals surface area contributed by atoms with Gasteiger partial charge in [0.2, 0.25) is 5.52 Å². The van der Waals surface area contributed by atoms with Crippen molar-refractivity contribution in [1.82, 2.24) is 0 Å². The lowest BCUT2D eigenvalue weighted by molar-refractivity contribution is -0.651. The van der Waals surface area contributed by atoms with E-state index in [2.05, 4.69) is 4.99 Å². The number of halogens is 1. The van der Waals surface area contributed by atoms with Crippen LogP contribution in [0.4, 0.5) is 0 Å². The van der Waals surface area contributed by atoms with E-state index in [1.807, 2.05) is 49.7 Å². The van der Waals surface area contributed by atoms with Gasteiger partial charge in [-0.15, -0.1) is 24.0 Å². The lowest BCUT2D eigenvalue weighted by Crippen LogP contribution is -2.34. The molecule has 1 aromatic heterocycles. The zero-order valence-corrected chi connectivity index (χ0v) is 14.3. The molecular weight excluding hydrogens is 367 g/mol. The van der Waals surface area contributed by atoms with Gasteiger partial charge in [-0.25, -0.2) is 0 Å². The number of hydrogen-bond acceptors (Lipinski definition) is 3. The Morgan fingerprint density at radius 2 is 2.05 bits per heavy atom. The van der Waals surface area contributed by atoms with Crippen LogP contribution in [0.5, 0.6) is 5.75 Å². The van der Waals surface area contributed by atoms with E-state index in [-0.39, 0.29) is 24.0 Å². The monoisotopic (exact) mass is 386 g/mol. The molecule has 1 heterocycles. The fourth-order valence-corrected chi connectivity index (χ4v) is 1.94. The van der Waals surface area contributed by atoms with Crippen molar-refractivity contribution in [1.29, 1.82) is 0 Å². The molecule has 0 saturated heterocycles. The van der Waals surface area contributed by atoms with Gasteiger partial charge in [0.15, 0.2) is 5.69 Å². The maximum Gasteiger partial charge on any atom is 0.226 e. The Bertz CT molecular complexity index is 627. The highest BCUT2D eigenvalue weighted by Gasteiger charge is 2.11. The van der Waals surface area contributed by atoms with Crippen LogP contribution in [0, 0.1) is 6.92 Å². The Labute approximate surface area is 136 Å². The number of nitrogens with zero attached hydrogens (tertiary/aromatic N) is 2. The summed E-state index contributed by atoms with van der Waals surface area (Å²) in [4.78, 5) is 3.83. The zero-order valence-electron chi connectivity index (χ0n) is 11.9. The molecule has 0 bridgehead atoms. The average molecular weight is 386 g/mol. The van der Waals surface area contributed by atoms with Crippen LogP contribution in [-0.4, -0.2) is 12.6 Å². The van der Waals surface area contributed by atoms with Gasteiger partial charge in [0, 0.05) is 24.9 Å². The molecule has 0 N–H and O–H groups in total. The van der Waals surface area contributed by atoms with E-state index < -0.39 is 6.08 Å². The molecule has 1 aromatic carbocycles. The first-order valence-electron chi connectivity index (χ1n) is 6.41. The van der Waals surface area contributed by atoms with Gasteiger partial charge in [0.05, 0.1) is 5.75 Å². The molecule has 0 saturated carbocycles. The first-order valence-corrected chi connectivity index (χ1v) is 6.41. The third kappa shape index (κ3) is 3.59. The van der Waals surface area contributed by atoms with Crippen molar-refractivity contribution in [2.45, 2.75) is 20.3 Å². The predicted molar refractivity (Wildman–Crippen MR) is 88.5 cm³/mol. The van der Waals surface area contributed by atoms with Crippen molar-refractivity contribution in [3.63, 3.8) is 0 Å². The summed E-state index contributed by atoms with van der Waals surface area (Å²) >= 11 is 0. The smallest absolute Gasteiger partial charge is 0.226 e. The first kappa shape index (κ1) is 16.7. The summed E-state index contributed by atoms with van der Waals surface area (Å²) in [5.74, 6) is 0.550. The van der Waals surface area contributed by atoms with Crippen molar-refractivity contribution in [3.05, 3.63) is 36.0 Å². The number of benzene rings is 1. The van der Waals surface area contributed by atoms with Gasteiger partial charge in [-0.05, 0) is 24.6 Å². The van der Waals surface area contributed by atoms with Crippen LogP contribution in [0.25, 0.3) is 10.9 Å². The second-order valence-corrected chi connectivity index (χ2v) is 4.48. The Balaban J connectivity index is 0.00000200. The number of ether oxygens (including phenoxy) is 1. The van der Waals surface area contributed by atoms with Crippen LogP contribution in [0.3, 0.4) is 0 Å². The predicted octanol–water partition coefficient (Wildman–Crippen LogP) is 2.10. The quantitative estimate of drug-likeness (QED) is 0.351. The maximum atomic E-state index is 11.6. The summed E-state index contributed by atoms with van der Waals surface area (Å²) < 4.78 is 7.35. The van der Waals surface area contributed by atoms with Gasteiger partial charge < -0.3 is 9.84 Å². The van der Waals surface area contributed by atoms with E-state index >= 15 is 0 Å². The van der Waals surface area contributed by atoms with Gasteiger partial charge in [0.25, 0.3) is 0 Å². The Hall–Kier alpha value is -1.37. The van der Waals surface area contributed by atoms with Crippen molar-refractivity contribution in [2.75, 3.05) is 6.54 Å². The topological polar surface area (TPSA) is 48.5 Å². The number of para-hydroxylation sites is 1. The highest BCUT2D eigenvalue weighted by atomic mass is 127. The molecule has 20 heavy (non-hydrogen) atoms. The van der Waals surface area contributed by atoms with Crippen molar-refractivity contribution in [3.8, 4) is 5.75 Å². The van der Waals surface area contributed by atoms with Gasteiger partial charge in [-0.2, -0.15) is 4.57 Å². The summed E-state index contributed by atoms with van der Waals surface area (Å²) in [6.07, 6.45) is 0.299. The molecular formula is C15H19IN2O2. The second kappa shape index (κ2) is 7.42. The number of aromatic nitrogens is 1. The Kier molecular flexibility index (Phi) is 6.19. The molecule has 2 rings (SSSR count). The van der Waals surface area contributed by atoms with Crippen molar-refractivity contribution in [2.24, 2.45) is 12.0 Å². The number of fused-ring (bicyclic) bond motifs is 1. The number of aryl methyl sites for hydroxylation is 2. The van der Waals surface area contributed by atoms with Gasteiger partial charge in [0.1, 0.15) is 13.1 Å². The first-order chi connectivity index (χ1) is 9.13. The molecule has 0 atom stereocenters. The normalized spacial score (nSPS) is 11.2. The minimum Gasteiger partial charge on any atom is -0.560 e. The molecule has 0 unspecified atom stereocenters. The van der Waals surface area contributed by atoms with E-state index in [0.29, 0.717) is 12.3 Å². The highest BCUT2D eigenvalue weighted by molar-refractivity contribution is 14.0. The Morgan fingerprint density at radius 1 is 1.30 bits per heavy atom. The number of aliphatic imine (C=N–C) groups is 1. The standard InChI is InChI=1S/C15H18N2O2.HI/c1-4-10-16-15(18)19-13-7-5-6-12-9-8-11(2)17(3)14(12)13;/h5-9H,4,10H2,1-3H3;1H. The largest absolute Gasteiger partial charge is 0.560 e. The van der Waals surface area contributed by atoms with Crippen LogP contribution < -0.4 is 14.4 Å². The number of pyridine rings is 1. The molecule has 0 aliphatic heterocycles. The van der Waals surface area contributed by atoms with Gasteiger partial charge in [-0.3, -0.25) is 4.99 Å². The zero-order chi connectivity index (χ0) is 13.8. The summed E-state index contributed by atoms with van der Waals surface area (Å²) in [6.45, 7) is 4.48. The summed E-state index contributed by atoms with van der Waals surface area (Å²) in [5, 5.41) is 12.6. The lowest BCUT2D eigenvalue weighted by atomic mass is 10.2. The van der Waals surface area contributed by atoms with Crippen LogP contribution >= 0.6 is 24.0 Å². The van der Waals surface area contributed by atoms with Crippen LogP contribution in [-0.2, 0) is 7.05 Å². The molecule has 4 nitrogen and oxygen atoms in total. The molecule has 0 aliphatic rings. The fourth-order valence-electron chi connectivity index (χ4n) is 1.94.